The van der Waals surface area contributed by atoms with Crippen LogP contribution in [0.15, 0.2) is 65.7 Å². The van der Waals surface area contributed by atoms with E-state index in [1.165, 1.54) is 38.6 Å². The van der Waals surface area contributed by atoms with Crippen molar-refractivity contribution in [2.24, 2.45) is 0 Å². The normalized spacial score (nSPS) is 12.3. The molecule has 0 radical (unpaired) electrons. The minimum absolute atomic E-state index is 0.00925. The van der Waals surface area contributed by atoms with Gasteiger partial charge < -0.3 is 4.74 Å². The number of aromatic nitrogens is 3. The number of ether oxygens (including phenoxy) is 1. The highest BCUT2D eigenvalue weighted by atomic mass is 35.5. The van der Waals surface area contributed by atoms with E-state index >= 15 is 0 Å². The Labute approximate surface area is 220 Å². The summed E-state index contributed by atoms with van der Waals surface area (Å²) in [5.74, 6) is 0. The summed E-state index contributed by atoms with van der Waals surface area (Å²) in [7, 11) is -1.16. The molecule has 0 spiro atoms. The van der Waals surface area contributed by atoms with Crippen LogP contribution in [0, 0.1) is 0 Å². The van der Waals surface area contributed by atoms with E-state index in [0.29, 0.717) is 16.6 Å². The predicted octanol–water partition coefficient (Wildman–Crippen LogP) is 4.35. The van der Waals surface area contributed by atoms with E-state index in [1.807, 2.05) is 0 Å². The van der Waals surface area contributed by atoms with Crippen molar-refractivity contribution < 1.29 is 26.3 Å². The Morgan fingerprint density at radius 3 is 2.55 bits per heavy atom. The summed E-state index contributed by atoms with van der Waals surface area (Å²) in [6, 6.07) is 10.7. The Kier molecular flexibility index (Phi) is 7.74. The maximum absolute atomic E-state index is 13.3. The van der Waals surface area contributed by atoms with Crippen LogP contribution in [-0.2, 0) is 21.1 Å². The number of nitrogens with zero attached hydrogens (tertiary/aromatic N) is 4. The quantitative estimate of drug-likeness (QED) is 0.317. The summed E-state index contributed by atoms with van der Waals surface area (Å²) in [5.41, 5.74) is 0.00157. The molecular formula is C24H21ClF3N5O4S. The van der Waals surface area contributed by atoms with Gasteiger partial charge in [-0.2, -0.15) is 25.9 Å². The number of rotatable bonds is 8. The van der Waals surface area contributed by atoms with E-state index in [4.69, 9.17) is 16.3 Å². The number of hydrogen-bond acceptors (Lipinski definition) is 6. The standard InChI is InChI=1S/C24H21ClF3N5O4S/c1-32(8-9-37-2)38(35,36)31-20-10-16(13-30-23(20)25)15-6-7-19-21(11-15)33(22(34)14-29-19)18-5-3-4-17(12-18)24(26,27)28/h3-7,10-14,31H,8-9H2,1-2H3. The molecule has 2 aromatic carbocycles. The molecule has 14 heteroatoms. The lowest BCUT2D eigenvalue weighted by atomic mass is 10.1. The summed E-state index contributed by atoms with van der Waals surface area (Å²) in [6.45, 7) is 0.281. The molecule has 4 aromatic rings. The van der Waals surface area contributed by atoms with Crippen LogP contribution in [0.4, 0.5) is 18.9 Å². The SMILES string of the molecule is COCCN(C)S(=O)(=O)Nc1cc(-c2ccc3ncc(=O)n(-c4cccc(C(F)(F)F)c4)c3c2)cnc1Cl. The zero-order valence-corrected chi connectivity index (χ0v) is 21.6. The highest BCUT2D eigenvalue weighted by molar-refractivity contribution is 7.90. The smallest absolute Gasteiger partial charge is 0.383 e. The highest BCUT2D eigenvalue weighted by Crippen LogP contribution is 2.32. The molecule has 0 saturated heterocycles. The van der Waals surface area contributed by atoms with Crippen molar-refractivity contribution in [3.8, 4) is 16.8 Å². The number of alkyl halides is 3. The average molecular weight is 568 g/mol. The maximum Gasteiger partial charge on any atom is 0.416 e. The Hall–Kier alpha value is -3.52. The van der Waals surface area contributed by atoms with E-state index in [9.17, 15) is 26.4 Å². The van der Waals surface area contributed by atoms with Gasteiger partial charge in [-0.15, -0.1) is 0 Å². The van der Waals surface area contributed by atoms with Gasteiger partial charge in [-0.3, -0.25) is 14.1 Å². The largest absolute Gasteiger partial charge is 0.416 e. The molecule has 0 atom stereocenters. The molecule has 1 N–H and O–H groups in total. The predicted molar refractivity (Wildman–Crippen MR) is 138 cm³/mol. The number of halogens is 4. The number of pyridine rings is 1. The lowest BCUT2D eigenvalue weighted by Crippen LogP contribution is -2.35. The van der Waals surface area contributed by atoms with Crippen LogP contribution in [0.3, 0.4) is 0 Å². The third-order valence-corrected chi connectivity index (χ3v) is 7.40. The van der Waals surface area contributed by atoms with Crippen LogP contribution in [0.1, 0.15) is 5.56 Å². The second kappa shape index (κ2) is 10.7. The second-order valence-corrected chi connectivity index (χ2v) is 10.3. The molecule has 0 aliphatic rings. The van der Waals surface area contributed by atoms with Crippen LogP contribution in [0.25, 0.3) is 27.8 Å². The van der Waals surface area contributed by atoms with Crippen molar-refractivity contribution in [1.82, 2.24) is 18.8 Å². The molecule has 2 aromatic heterocycles. The van der Waals surface area contributed by atoms with E-state index in [2.05, 4.69) is 14.7 Å². The molecule has 38 heavy (non-hydrogen) atoms. The Morgan fingerprint density at radius 1 is 1.08 bits per heavy atom. The van der Waals surface area contributed by atoms with Crippen molar-refractivity contribution in [3.63, 3.8) is 0 Å². The molecule has 0 fully saturated rings. The van der Waals surface area contributed by atoms with Gasteiger partial charge in [-0.25, -0.2) is 9.97 Å². The van der Waals surface area contributed by atoms with Gasteiger partial charge in [-0.05, 0) is 42.0 Å². The maximum atomic E-state index is 13.3. The number of likely N-dealkylation sites (N-methyl/N-ethyl adjacent to an activating group) is 1. The summed E-state index contributed by atoms with van der Waals surface area (Å²) >= 11 is 6.14. The fraction of sp³-hybridized carbons (Fsp3) is 0.208. The van der Waals surface area contributed by atoms with Crippen molar-refractivity contribution in [2.75, 3.05) is 32.0 Å². The van der Waals surface area contributed by atoms with Crippen molar-refractivity contribution in [2.45, 2.75) is 6.18 Å². The van der Waals surface area contributed by atoms with Gasteiger partial charge >= 0.3 is 16.4 Å². The molecule has 200 valence electrons. The molecular weight excluding hydrogens is 547 g/mol. The first kappa shape index (κ1) is 27.5. The number of benzene rings is 2. The van der Waals surface area contributed by atoms with Crippen LogP contribution in [-0.4, -0.2) is 54.6 Å². The second-order valence-electron chi connectivity index (χ2n) is 8.17. The molecule has 4 rings (SSSR count). The fourth-order valence-corrected chi connectivity index (χ4v) is 4.73. The third-order valence-electron chi connectivity index (χ3n) is 5.61. The van der Waals surface area contributed by atoms with Crippen molar-refractivity contribution in [1.29, 1.82) is 0 Å². The molecule has 0 unspecified atom stereocenters. The monoisotopic (exact) mass is 567 g/mol. The van der Waals surface area contributed by atoms with Gasteiger partial charge in [0.25, 0.3) is 5.56 Å². The number of methoxy groups -OCH3 is 1. The van der Waals surface area contributed by atoms with Gasteiger partial charge in [0, 0.05) is 38.1 Å². The van der Waals surface area contributed by atoms with Gasteiger partial charge in [0.05, 0.1) is 35.1 Å². The van der Waals surface area contributed by atoms with Crippen LogP contribution >= 0.6 is 11.6 Å². The molecule has 0 aliphatic heterocycles. The summed E-state index contributed by atoms with van der Waals surface area (Å²) in [5, 5.41) is -0.0965. The van der Waals surface area contributed by atoms with Gasteiger partial charge in [0.1, 0.15) is 0 Å². The van der Waals surface area contributed by atoms with Crippen LogP contribution < -0.4 is 10.3 Å². The van der Waals surface area contributed by atoms with Gasteiger partial charge in [0.15, 0.2) is 5.15 Å². The van der Waals surface area contributed by atoms with E-state index in [-0.39, 0.29) is 35.2 Å². The van der Waals surface area contributed by atoms with Gasteiger partial charge in [0.2, 0.25) is 0 Å². The zero-order chi connectivity index (χ0) is 27.7. The summed E-state index contributed by atoms with van der Waals surface area (Å²) in [6.07, 6.45) is -2.16. The van der Waals surface area contributed by atoms with Crippen molar-refractivity contribution >= 4 is 38.5 Å². The number of nitrogens with one attached hydrogen (secondary N) is 1. The molecule has 9 nitrogen and oxygen atoms in total. The summed E-state index contributed by atoms with van der Waals surface area (Å²) in [4.78, 5) is 20.9. The lowest BCUT2D eigenvalue weighted by molar-refractivity contribution is -0.137. The molecule has 0 amide bonds. The molecule has 0 bridgehead atoms. The van der Waals surface area contributed by atoms with Crippen LogP contribution in [0.5, 0.6) is 0 Å². The molecule has 0 saturated carbocycles. The first-order chi connectivity index (χ1) is 17.9. The highest BCUT2D eigenvalue weighted by Gasteiger charge is 2.30. The van der Waals surface area contributed by atoms with Gasteiger partial charge in [-0.1, -0.05) is 23.7 Å². The number of hydrogen-bond donors (Lipinski definition) is 1. The fourth-order valence-electron chi connectivity index (χ4n) is 3.61. The van der Waals surface area contributed by atoms with Crippen molar-refractivity contribution in [3.05, 3.63) is 82.0 Å². The minimum Gasteiger partial charge on any atom is -0.383 e. The summed E-state index contributed by atoms with van der Waals surface area (Å²) < 4.78 is 74.7. The Morgan fingerprint density at radius 2 is 1.84 bits per heavy atom. The molecule has 2 heterocycles. The zero-order valence-electron chi connectivity index (χ0n) is 20.0. The minimum atomic E-state index is -4.59. The van der Waals surface area contributed by atoms with E-state index < -0.39 is 27.5 Å². The van der Waals surface area contributed by atoms with E-state index in [0.717, 1.165) is 27.2 Å². The average Bonchev–Trinajstić information content (AvgIpc) is 2.87. The Bertz CT molecular complexity index is 1660. The number of fused-ring (bicyclic) bond motifs is 1. The first-order valence-electron chi connectivity index (χ1n) is 11.0. The third kappa shape index (κ3) is 5.80. The first-order valence-corrected chi connectivity index (χ1v) is 12.8. The van der Waals surface area contributed by atoms with Crippen LogP contribution in [0.2, 0.25) is 5.15 Å². The Balaban J connectivity index is 1.79. The van der Waals surface area contributed by atoms with E-state index in [1.54, 1.807) is 18.2 Å². The lowest BCUT2D eigenvalue weighted by Gasteiger charge is -2.18. The topological polar surface area (TPSA) is 106 Å². The molecule has 0 aliphatic carbocycles. The number of anilines is 1.